The van der Waals surface area contributed by atoms with Gasteiger partial charge in [0.1, 0.15) is 5.82 Å². The van der Waals surface area contributed by atoms with Gasteiger partial charge in [-0.25, -0.2) is 12.8 Å². The molecule has 1 aliphatic rings. The van der Waals surface area contributed by atoms with Crippen LogP contribution in [-0.4, -0.2) is 57.4 Å². The summed E-state index contributed by atoms with van der Waals surface area (Å²) in [6.45, 7) is 1.62. The Morgan fingerprint density at radius 3 is 2.23 bits per heavy atom. The maximum absolute atomic E-state index is 12.9. The van der Waals surface area contributed by atoms with Crippen molar-refractivity contribution in [1.29, 1.82) is 0 Å². The summed E-state index contributed by atoms with van der Waals surface area (Å²) < 4.78 is 44.6. The van der Waals surface area contributed by atoms with Crippen LogP contribution in [0.25, 0.3) is 0 Å². The van der Waals surface area contributed by atoms with Gasteiger partial charge in [0, 0.05) is 25.3 Å². The Balaban J connectivity index is 1.48. The van der Waals surface area contributed by atoms with Crippen LogP contribution in [0, 0.1) is 5.82 Å². The van der Waals surface area contributed by atoms with Gasteiger partial charge in [-0.1, -0.05) is 12.1 Å². The fourth-order valence-corrected chi connectivity index (χ4v) is 4.29. The fraction of sp³-hybridized carbons (Fsp3) is 0.300. The SMILES string of the molecule is O=C(NCCc1ccc(S(=O)(=O)N2CCOCC2)cc1)C(=O)Nc1ccc(F)cc1. The Kier molecular flexibility index (Phi) is 7.14. The third-order valence-corrected chi connectivity index (χ3v) is 6.45. The molecule has 0 bridgehead atoms. The minimum atomic E-state index is -3.55. The molecule has 8 nitrogen and oxygen atoms in total. The lowest BCUT2D eigenvalue weighted by Crippen LogP contribution is -2.40. The van der Waals surface area contributed by atoms with E-state index >= 15 is 0 Å². The molecule has 10 heteroatoms. The van der Waals surface area contributed by atoms with Crippen LogP contribution in [0.3, 0.4) is 0 Å². The third kappa shape index (κ3) is 5.62. The van der Waals surface area contributed by atoms with E-state index in [9.17, 15) is 22.4 Å². The predicted molar refractivity (Wildman–Crippen MR) is 108 cm³/mol. The summed E-state index contributed by atoms with van der Waals surface area (Å²) in [7, 11) is -3.55. The first-order valence-corrected chi connectivity index (χ1v) is 10.8. The molecule has 160 valence electrons. The van der Waals surface area contributed by atoms with Gasteiger partial charge in [0.15, 0.2) is 0 Å². The van der Waals surface area contributed by atoms with Crippen LogP contribution in [0.2, 0.25) is 0 Å². The van der Waals surface area contributed by atoms with Gasteiger partial charge in [-0.2, -0.15) is 4.31 Å². The van der Waals surface area contributed by atoms with Crippen molar-refractivity contribution in [2.24, 2.45) is 0 Å². The summed E-state index contributed by atoms with van der Waals surface area (Å²) in [5.74, 6) is -2.11. The molecule has 1 fully saturated rings. The number of hydrogen-bond donors (Lipinski definition) is 2. The standard InChI is InChI=1S/C20H22FN3O5S/c21-16-3-5-17(6-4-16)23-20(26)19(25)22-10-9-15-1-7-18(8-2-15)30(27,28)24-11-13-29-14-12-24/h1-8H,9-14H2,(H,22,25)(H,23,26). The van der Waals surface area contributed by atoms with Crippen molar-refractivity contribution in [3.8, 4) is 0 Å². The zero-order valence-corrected chi connectivity index (χ0v) is 17.0. The minimum Gasteiger partial charge on any atom is -0.379 e. The van der Waals surface area contributed by atoms with E-state index in [-0.39, 0.29) is 11.4 Å². The lowest BCUT2D eigenvalue weighted by Gasteiger charge is -2.26. The predicted octanol–water partition coefficient (Wildman–Crippen LogP) is 1.14. The number of carbonyl (C=O) groups excluding carboxylic acids is 2. The van der Waals surface area contributed by atoms with E-state index in [2.05, 4.69) is 10.6 Å². The van der Waals surface area contributed by atoms with Gasteiger partial charge in [0.05, 0.1) is 18.1 Å². The summed E-state index contributed by atoms with van der Waals surface area (Å²) in [5.41, 5.74) is 1.13. The monoisotopic (exact) mass is 435 g/mol. The number of hydrogen-bond acceptors (Lipinski definition) is 5. The van der Waals surface area contributed by atoms with Gasteiger partial charge in [0.2, 0.25) is 10.0 Å². The first-order valence-electron chi connectivity index (χ1n) is 9.38. The molecule has 0 atom stereocenters. The van der Waals surface area contributed by atoms with Crippen LogP contribution in [0.5, 0.6) is 0 Å². The van der Waals surface area contributed by atoms with Gasteiger partial charge in [-0.3, -0.25) is 9.59 Å². The highest BCUT2D eigenvalue weighted by Gasteiger charge is 2.26. The van der Waals surface area contributed by atoms with Crippen LogP contribution in [0.4, 0.5) is 10.1 Å². The summed E-state index contributed by atoms with van der Waals surface area (Å²) in [6.07, 6.45) is 0.424. The van der Waals surface area contributed by atoms with Gasteiger partial charge < -0.3 is 15.4 Å². The summed E-state index contributed by atoms with van der Waals surface area (Å²) in [4.78, 5) is 23.9. The number of nitrogens with one attached hydrogen (secondary N) is 2. The Hall–Kier alpha value is -2.82. The van der Waals surface area contributed by atoms with Crippen molar-refractivity contribution in [2.75, 3.05) is 38.2 Å². The number of rotatable bonds is 6. The van der Waals surface area contributed by atoms with Gasteiger partial charge in [-0.05, 0) is 48.4 Å². The number of benzene rings is 2. The van der Waals surface area contributed by atoms with Crippen molar-refractivity contribution >= 4 is 27.5 Å². The quantitative estimate of drug-likeness (QED) is 0.663. The van der Waals surface area contributed by atoms with Crippen molar-refractivity contribution in [2.45, 2.75) is 11.3 Å². The van der Waals surface area contributed by atoms with Gasteiger partial charge in [-0.15, -0.1) is 0 Å². The third-order valence-electron chi connectivity index (χ3n) is 4.54. The van der Waals surface area contributed by atoms with Crippen LogP contribution in [0.15, 0.2) is 53.4 Å². The Labute approximate surface area is 174 Å². The maximum Gasteiger partial charge on any atom is 0.313 e. The van der Waals surface area contributed by atoms with Crippen LogP contribution in [-0.2, 0) is 30.8 Å². The van der Waals surface area contributed by atoms with Gasteiger partial charge >= 0.3 is 11.8 Å². The van der Waals surface area contributed by atoms with E-state index in [0.717, 1.165) is 5.56 Å². The molecule has 1 heterocycles. The summed E-state index contributed by atoms with van der Waals surface area (Å²) in [5, 5.41) is 4.87. The van der Waals surface area contributed by atoms with Crippen molar-refractivity contribution < 1.29 is 27.1 Å². The number of morpholine rings is 1. The number of sulfonamides is 1. The molecule has 0 spiro atoms. The van der Waals surface area contributed by atoms with Crippen LogP contribution >= 0.6 is 0 Å². The second-order valence-electron chi connectivity index (χ2n) is 6.63. The molecule has 2 aromatic rings. The van der Waals surface area contributed by atoms with Crippen molar-refractivity contribution in [1.82, 2.24) is 9.62 Å². The zero-order chi connectivity index (χ0) is 21.6. The normalized spacial score (nSPS) is 14.8. The maximum atomic E-state index is 12.9. The average molecular weight is 435 g/mol. The molecule has 0 aromatic heterocycles. The van der Waals surface area contributed by atoms with Crippen molar-refractivity contribution in [3.63, 3.8) is 0 Å². The largest absolute Gasteiger partial charge is 0.379 e. The lowest BCUT2D eigenvalue weighted by atomic mass is 10.1. The van der Waals surface area contributed by atoms with E-state index in [4.69, 9.17) is 4.74 Å². The number of amides is 2. The molecule has 1 aliphatic heterocycles. The average Bonchev–Trinajstić information content (AvgIpc) is 2.76. The Bertz CT molecular complexity index is 988. The second kappa shape index (κ2) is 9.79. The van der Waals surface area contributed by atoms with Crippen molar-refractivity contribution in [3.05, 3.63) is 59.9 Å². The molecular weight excluding hydrogens is 413 g/mol. The first-order chi connectivity index (χ1) is 14.4. The molecule has 0 radical (unpaired) electrons. The molecule has 2 N–H and O–H groups in total. The number of anilines is 1. The fourth-order valence-electron chi connectivity index (χ4n) is 2.89. The molecule has 0 saturated carbocycles. The number of nitrogens with zero attached hydrogens (tertiary/aromatic N) is 1. The van der Waals surface area contributed by atoms with E-state index in [1.165, 1.54) is 40.7 Å². The van der Waals surface area contributed by atoms with E-state index < -0.39 is 27.7 Å². The topological polar surface area (TPSA) is 105 Å². The minimum absolute atomic E-state index is 0.200. The Morgan fingerprint density at radius 1 is 0.967 bits per heavy atom. The first kappa shape index (κ1) is 21.9. The molecular formula is C20H22FN3O5S. The van der Waals surface area contributed by atoms with Crippen LogP contribution in [0.1, 0.15) is 5.56 Å². The number of carbonyl (C=O) groups is 2. The molecule has 2 aromatic carbocycles. The Morgan fingerprint density at radius 2 is 1.60 bits per heavy atom. The van der Waals surface area contributed by atoms with E-state index in [1.54, 1.807) is 12.1 Å². The lowest BCUT2D eigenvalue weighted by molar-refractivity contribution is -0.136. The van der Waals surface area contributed by atoms with E-state index in [0.29, 0.717) is 38.4 Å². The zero-order valence-electron chi connectivity index (χ0n) is 16.1. The van der Waals surface area contributed by atoms with Crippen LogP contribution < -0.4 is 10.6 Å². The molecule has 1 saturated heterocycles. The highest BCUT2D eigenvalue weighted by atomic mass is 32.2. The molecule has 2 amide bonds. The molecule has 3 rings (SSSR count). The highest BCUT2D eigenvalue weighted by Crippen LogP contribution is 2.17. The number of ether oxygens (including phenoxy) is 1. The molecule has 30 heavy (non-hydrogen) atoms. The summed E-state index contributed by atoms with van der Waals surface area (Å²) in [6, 6.07) is 11.5. The smallest absolute Gasteiger partial charge is 0.313 e. The molecule has 0 aliphatic carbocycles. The highest BCUT2D eigenvalue weighted by molar-refractivity contribution is 7.89. The second-order valence-corrected chi connectivity index (χ2v) is 8.57. The molecule has 0 unspecified atom stereocenters. The van der Waals surface area contributed by atoms with Gasteiger partial charge in [0.25, 0.3) is 0 Å². The summed E-state index contributed by atoms with van der Waals surface area (Å²) >= 11 is 0. The number of halogens is 1. The van der Waals surface area contributed by atoms with E-state index in [1.807, 2.05) is 0 Å².